The van der Waals surface area contributed by atoms with Gasteiger partial charge in [0.1, 0.15) is 6.10 Å². The number of alkyl carbamates (subject to hydrolysis) is 1. The molecular formula is C26H37N3O5S. The molecule has 3 atom stereocenters. The van der Waals surface area contributed by atoms with Gasteiger partial charge < -0.3 is 20.5 Å². The number of benzene rings is 2. The van der Waals surface area contributed by atoms with Gasteiger partial charge in [-0.1, -0.05) is 61.9 Å². The van der Waals surface area contributed by atoms with Crippen molar-refractivity contribution in [3.05, 3.63) is 65.7 Å². The Bertz CT molecular complexity index is 1040. The van der Waals surface area contributed by atoms with E-state index in [4.69, 9.17) is 15.2 Å². The molecule has 1 aliphatic rings. The van der Waals surface area contributed by atoms with Gasteiger partial charge in [-0.25, -0.2) is 13.2 Å². The molecule has 1 aliphatic heterocycles. The van der Waals surface area contributed by atoms with Gasteiger partial charge in [-0.3, -0.25) is 0 Å². The summed E-state index contributed by atoms with van der Waals surface area (Å²) in [5.74, 6) is 0.0929. The molecule has 9 heteroatoms. The van der Waals surface area contributed by atoms with Crippen LogP contribution in [0.5, 0.6) is 0 Å². The zero-order chi connectivity index (χ0) is 25.4. The van der Waals surface area contributed by atoms with Gasteiger partial charge >= 0.3 is 6.09 Å². The molecule has 1 amide bonds. The second-order valence-electron chi connectivity index (χ2n) is 9.52. The van der Waals surface area contributed by atoms with E-state index in [1.165, 1.54) is 4.31 Å². The average molecular weight is 504 g/mol. The lowest BCUT2D eigenvalue weighted by molar-refractivity contribution is 0.0797. The van der Waals surface area contributed by atoms with Crippen LogP contribution in [0.1, 0.15) is 31.4 Å². The molecule has 192 valence electrons. The molecule has 0 saturated carbocycles. The maximum Gasteiger partial charge on any atom is 0.407 e. The molecule has 2 aromatic rings. The van der Waals surface area contributed by atoms with E-state index < -0.39 is 28.2 Å². The minimum absolute atomic E-state index is 0.0543. The first-order valence-corrected chi connectivity index (χ1v) is 13.5. The van der Waals surface area contributed by atoms with Gasteiger partial charge in [0, 0.05) is 25.6 Å². The second-order valence-corrected chi connectivity index (χ2v) is 11.5. The summed E-state index contributed by atoms with van der Waals surface area (Å²) in [6.07, 6.45) is 0.231. The van der Waals surface area contributed by atoms with Crippen molar-refractivity contribution < 1.29 is 22.7 Å². The van der Waals surface area contributed by atoms with Gasteiger partial charge in [0.15, 0.2) is 0 Å². The van der Waals surface area contributed by atoms with Crippen molar-refractivity contribution in [3.63, 3.8) is 0 Å². The Balaban J connectivity index is 1.80. The Labute approximate surface area is 208 Å². The van der Waals surface area contributed by atoms with E-state index in [0.29, 0.717) is 32.6 Å². The van der Waals surface area contributed by atoms with Crippen LogP contribution in [-0.2, 0) is 25.9 Å². The highest BCUT2D eigenvalue weighted by Gasteiger charge is 2.31. The summed E-state index contributed by atoms with van der Waals surface area (Å²) in [5, 5.41) is 2.89. The summed E-state index contributed by atoms with van der Waals surface area (Å²) in [7, 11) is -3.77. The lowest BCUT2D eigenvalue weighted by Crippen LogP contribution is -2.55. The number of aryl methyl sites for hydroxylation is 1. The normalized spacial score (nSPS) is 17.9. The lowest BCUT2D eigenvalue weighted by Gasteiger charge is -2.31. The van der Waals surface area contributed by atoms with Crippen molar-refractivity contribution in [2.75, 3.05) is 26.3 Å². The fourth-order valence-electron chi connectivity index (χ4n) is 4.02. The van der Waals surface area contributed by atoms with Gasteiger partial charge in [0.05, 0.1) is 24.2 Å². The van der Waals surface area contributed by atoms with Crippen LogP contribution < -0.4 is 11.1 Å². The molecule has 0 bridgehead atoms. The zero-order valence-electron chi connectivity index (χ0n) is 20.7. The number of carbonyl (C=O) groups is 1. The number of rotatable bonds is 11. The first-order valence-electron chi connectivity index (χ1n) is 12.1. The Morgan fingerprint density at radius 1 is 1.14 bits per heavy atom. The largest absolute Gasteiger partial charge is 0.444 e. The number of nitrogens with two attached hydrogens (primary N) is 1. The smallest absolute Gasteiger partial charge is 0.407 e. The van der Waals surface area contributed by atoms with E-state index in [-0.39, 0.29) is 23.5 Å². The van der Waals surface area contributed by atoms with Crippen LogP contribution in [0.25, 0.3) is 0 Å². The van der Waals surface area contributed by atoms with Crippen molar-refractivity contribution in [1.82, 2.24) is 9.62 Å². The number of nitrogens with zero attached hydrogens (tertiary/aromatic N) is 1. The number of hydrogen-bond acceptors (Lipinski definition) is 6. The quantitative estimate of drug-likeness (QED) is 0.488. The predicted octanol–water partition coefficient (Wildman–Crippen LogP) is 3.10. The van der Waals surface area contributed by atoms with Crippen LogP contribution in [0.15, 0.2) is 59.5 Å². The highest BCUT2D eigenvalue weighted by molar-refractivity contribution is 7.89. The SMILES string of the molecule is Cc1ccc(S(=O)(=O)N(CC(C)C)C[C@@H](N)[C@H](Cc2ccccc2)NC(=O)O[C@H]2CCOC2)cc1. The maximum absolute atomic E-state index is 13.5. The molecule has 0 unspecified atom stereocenters. The molecule has 1 fully saturated rings. The van der Waals surface area contributed by atoms with Crippen molar-refractivity contribution in [3.8, 4) is 0 Å². The van der Waals surface area contributed by atoms with Crippen LogP contribution in [-0.4, -0.2) is 63.3 Å². The fraction of sp³-hybridized carbons (Fsp3) is 0.500. The van der Waals surface area contributed by atoms with E-state index in [1.807, 2.05) is 51.1 Å². The first-order chi connectivity index (χ1) is 16.6. The number of amides is 1. The van der Waals surface area contributed by atoms with Crippen molar-refractivity contribution in [2.24, 2.45) is 11.7 Å². The number of sulfonamides is 1. The molecule has 1 heterocycles. The Kier molecular flexibility index (Phi) is 9.68. The van der Waals surface area contributed by atoms with Crippen LogP contribution >= 0.6 is 0 Å². The van der Waals surface area contributed by atoms with Gasteiger partial charge in [-0.2, -0.15) is 4.31 Å². The number of carbonyl (C=O) groups excluding carboxylic acids is 1. The average Bonchev–Trinajstić information content (AvgIpc) is 3.31. The summed E-state index contributed by atoms with van der Waals surface area (Å²) in [5.41, 5.74) is 8.56. The molecule has 0 spiro atoms. The van der Waals surface area contributed by atoms with Crippen LogP contribution in [0.4, 0.5) is 4.79 Å². The van der Waals surface area contributed by atoms with Crippen molar-refractivity contribution in [1.29, 1.82) is 0 Å². The molecule has 0 radical (unpaired) electrons. The summed E-state index contributed by atoms with van der Waals surface area (Å²) in [6.45, 7) is 7.14. The lowest BCUT2D eigenvalue weighted by atomic mass is 9.99. The van der Waals surface area contributed by atoms with Gasteiger partial charge in [-0.05, 0) is 37.0 Å². The molecule has 8 nitrogen and oxygen atoms in total. The summed E-state index contributed by atoms with van der Waals surface area (Å²) in [6, 6.07) is 15.2. The minimum Gasteiger partial charge on any atom is -0.444 e. The fourth-order valence-corrected chi connectivity index (χ4v) is 5.66. The molecule has 3 N–H and O–H groups in total. The van der Waals surface area contributed by atoms with Gasteiger partial charge in [-0.15, -0.1) is 0 Å². The summed E-state index contributed by atoms with van der Waals surface area (Å²) in [4.78, 5) is 12.9. The number of ether oxygens (including phenoxy) is 2. The molecular weight excluding hydrogens is 466 g/mol. The summed E-state index contributed by atoms with van der Waals surface area (Å²) >= 11 is 0. The van der Waals surface area contributed by atoms with Gasteiger partial charge in [0.2, 0.25) is 10.0 Å². The van der Waals surface area contributed by atoms with Crippen LogP contribution in [0.3, 0.4) is 0 Å². The van der Waals surface area contributed by atoms with Crippen LogP contribution in [0, 0.1) is 12.8 Å². The standard InChI is InChI=1S/C26H37N3O5S/c1-19(2)16-29(35(31,32)23-11-9-20(3)10-12-23)17-24(27)25(15-21-7-5-4-6-8-21)28-26(30)34-22-13-14-33-18-22/h4-12,19,22,24-25H,13-18,27H2,1-3H3,(H,28,30)/t22-,24+,25-/m0/s1. The third-order valence-electron chi connectivity index (χ3n) is 5.92. The van der Waals surface area contributed by atoms with E-state index in [9.17, 15) is 13.2 Å². The third kappa shape index (κ3) is 8.03. The number of hydrogen-bond donors (Lipinski definition) is 2. The third-order valence-corrected chi connectivity index (χ3v) is 7.77. The molecule has 0 aromatic heterocycles. The molecule has 35 heavy (non-hydrogen) atoms. The maximum atomic E-state index is 13.5. The highest BCUT2D eigenvalue weighted by Crippen LogP contribution is 2.19. The molecule has 0 aliphatic carbocycles. The second kappa shape index (κ2) is 12.5. The zero-order valence-corrected chi connectivity index (χ0v) is 21.5. The Morgan fingerprint density at radius 3 is 2.43 bits per heavy atom. The molecule has 1 saturated heterocycles. The van der Waals surface area contributed by atoms with E-state index >= 15 is 0 Å². The topological polar surface area (TPSA) is 111 Å². The van der Waals surface area contributed by atoms with Crippen molar-refractivity contribution >= 4 is 16.1 Å². The molecule has 2 aromatic carbocycles. The Morgan fingerprint density at radius 2 is 1.83 bits per heavy atom. The van der Waals surface area contributed by atoms with Gasteiger partial charge in [0.25, 0.3) is 0 Å². The highest BCUT2D eigenvalue weighted by atomic mass is 32.2. The number of nitrogens with one attached hydrogen (secondary N) is 1. The van der Waals surface area contributed by atoms with E-state index in [0.717, 1.165) is 11.1 Å². The monoisotopic (exact) mass is 503 g/mol. The molecule has 3 rings (SSSR count). The van der Waals surface area contributed by atoms with Crippen molar-refractivity contribution in [2.45, 2.75) is 56.7 Å². The Hall–Kier alpha value is -2.46. The predicted molar refractivity (Wildman–Crippen MR) is 136 cm³/mol. The van der Waals surface area contributed by atoms with Crippen LogP contribution in [0.2, 0.25) is 0 Å². The van der Waals surface area contributed by atoms with E-state index in [1.54, 1.807) is 24.3 Å². The first kappa shape index (κ1) is 27.1. The van der Waals surface area contributed by atoms with E-state index in [2.05, 4.69) is 5.32 Å². The minimum atomic E-state index is -3.77. The summed E-state index contributed by atoms with van der Waals surface area (Å²) < 4.78 is 39.2.